The predicted molar refractivity (Wildman–Crippen MR) is 96.3 cm³/mol. The van der Waals surface area contributed by atoms with E-state index in [-0.39, 0.29) is 0 Å². The topological polar surface area (TPSA) is 93.2 Å². The van der Waals surface area contributed by atoms with Crippen LogP contribution >= 0.6 is 0 Å². The minimum atomic E-state index is -3.46. The van der Waals surface area contributed by atoms with Gasteiger partial charge in [0.1, 0.15) is 17.3 Å². The number of nitrogens with zero attached hydrogens (tertiary/aromatic N) is 2. The molecular weight excluding hydrogens is 360 g/mol. The third kappa shape index (κ3) is 4.98. The van der Waals surface area contributed by atoms with Gasteiger partial charge in [-0.15, -0.1) is 0 Å². The van der Waals surface area contributed by atoms with E-state index >= 15 is 0 Å². The molecule has 0 atom stereocenters. The van der Waals surface area contributed by atoms with E-state index < -0.39 is 27.4 Å². The highest BCUT2D eigenvalue weighted by Gasteiger charge is 2.30. The van der Waals surface area contributed by atoms with E-state index in [1.807, 2.05) is 0 Å². The van der Waals surface area contributed by atoms with Crippen LogP contribution in [0.15, 0.2) is 24.3 Å². The van der Waals surface area contributed by atoms with Crippen LogP contribution in [-0.2, 0) is 19.4 Å². The predicted octanol–water partition coefficient (Wildman–Crippen LogP) is 0.738. The van der Waals surface area contributed by atoms with E-state index in [1.54, 1.807) is 24.3 Å². The molecule has 0 saturated carbocycles. The molecule has 8 nitrogen and oxygen atoms in total. The average molecular weight is 382 g/mol. The molecule has 1 aliphatic heterocycles. The Hall–Kier alpha value is -2.55. The van der Waals surface area contributed by atoms with Gasteiger partial charge < -0.3 is 9.47 Å². The van der Waals surface area contributed by atoms with Gasteiger partial charge in [-0.3, -0.25) is 14.6 Å². The standard InChI is InChI=1S/C17H22N2O6S/c1-24-14-6-7-15(25-2)13(11-14)5-8-16(20)18-9-4-10-19(18)17(21)12-26(3,22)23/h5-8,11H,4,9-10,12H2,1-3H3/b8-5+. The Morgan fingerprint density at radius 1 is 1.15 bits per heavy atom. The molecule has 1 aliphatic rings. The number of carbonyl (C=O) groups is 2. The van der Waals surface area contributed by atoms with Crippen molar-refractivity contribution >= 4 is 27.7 Å². The fraction of sp³-hybridized carbons (Fsp3) is 0.412. The van der Waals surface area contributed by atoms with Crippen molar-refractivity contribution in [2.45, 2.75) is 6.42 Å². The van der Waals surface area contributed by atoms with E-state index in [4.69, 9.17) is 9.47 Å². The zero-order valence-corrected chi connectivity index (χ0v) is 15.8. The van der Waals surface area contributed by atoms with E-state index in [1.165, 1.54) is 30.3 Å². The number of benzene rings is 1. The SMILES string of the molecule is COc1ccc(OC)c(/C=C/C(=O)N2CCCN2C(=O)CS(C)(=O)=O)c1. The van der Waals surface area contributed by atoms with Crippen LogP contribution in [0.1, 0.15) is 12.0 Å². The van der Waals surface area contributed by atoms with Crippen molar-refractivity contribution in [1.29, 1.82) is 0 Å². The highest BCUT2D eigenvalue weighted by Crippen LogP contribution is 2.25. The second kappa shape index (κ2) is 8.22. The molecule has 0 radical (unpaired) electrons. The highest BCUT2D eigenvalue weighted by atomic mass is 32.2. The zero-order valence-electron chi connectivity index (χ0n) is 15.0. The first-order valence-electron chi connectivity index (χ1n) is 7.95. The molecule has 0 N–H and O–H groups in total. The molecule has 0 aromatic heterocycles. The van der Waals surface area contributed by atoms with Gasteiger partial charge in [-0.25, -0.2) is 13.4 Å². The van der Waals surface area contributed by atoms with Crippen molar-refractivity contribution in [3.63, 3.8) is 0 Å². The van der Waals surface area contributed by atoms with E-state index in [0.29, 0.717) is 36.6 Å². The minimum absolute atomic E-state index is 0.316. The second-order valence-electron chi connectivity index (χ2n) is 5.84. The minimum Gasteiger partial charge on any atom is -0.497 e. The summed E-state index contributed by atoms with van der Waals surface area (Å²) < 4.78 is 33.1. The van der Waals surface area contributed by atoms with Gasteiger partial charge >= 0.3 is 0 Å². The van der Waals surface area contributed by atoms with Crippen LogP contribution in [0.4, 0.5) is 0 Å². The molecule has 1 fully saturated rings. The summed E-state index contributed by atoms with van der Waals surface area (Å²) in [6, 6.07) is 5.18. The largest absolute Gasteiger partial charge is 0.497 e. The van der Waals surface area contributed by atoms with E-state index in [9.17, 15) is 18.0 Å². The van der Waals surface area contributed by atoms with Crippen LogP contribution in [0.3, 0.4) is 0 Å². The number of methoxy groups -OCH3 is 2. The summed E-state index contributed by atoms with van der Waals surface area (Å²) in [6.45, 7) is 0.671. The van der Waals surface area contributed by atoms with Crippen molar-refractivity contribution in [3.8, 4) is 11.5 Å². The van der Waals surface area contributed by atoms with Gasteiger partial charge in [0, 0.05) is 31.0 Å². The van der Waals surface area contributed by atoms with E-state index in [0.717, 1.165) is 6.26 Å². The highest BCUT2D eigenvalue weighted by molar-refractivity contribution is 7.91. The Balaban J connectivity index is 2.16. The molecule has 2 rings (SSSR count). The number of carbonyl (C=O) groups excluding carboxylic acids is 2. The van der Waals surface area contributed by atoms with Crippen molar-refractivity contribution in [3.05, 3.63) is 29.8 Å². The molecule has 1 heterocycles. The lowest BCUT2D eigenvalue weighted by Gasteiger charge is -2.26. The summed E-state index contributed by atoms with van der Waals surface area (Å²) >= 11 is 0. The van der Waals surface area contributed by atoms with Gasteiger partial charge in [0.15, 0.2) is 9.84 Å². The fourth-order valence-electron chi connectivity index (χ4n) is 2.62. The lowest BCUT2D eigenvalue weighted by atomic mass is 10.1. The quantitative estimate of drug-likeness (QED) is 0.674. The molecule has 1 aromatic rings. The molecule has 9 heteroatoms. The molecule has 0 spiro atoms. The number of amides is 2. The number of ether oxygens (including phenoxy) is 2. The van der Waals surface area contributed by atoms with Crippen LogP contribution in [0.5, 0.6) is 11.5 Å². The van der Waals surface area contributed by atoms with Crippen molar-refractivity contribution in [2.24, 2.45) is 0 Å². The molecule has 1 saturated heterocycles. The maximum atomic E-state index is 12.5. The Bertz CT molecular complexity index is 819. The number of sulfone groups is 1. The van der Waals surface area contributed by atoms with Crippen molar-refractivity contribution in [2.75, 3.05) is 39.3 Å². The first kappa shape index (κ1) is 19.8. The lowest BCUT2D eigenvalue weighted by molar-refractivity contribution is -0.152. The summed E-state index contributed by atoms with van der Waals surface area (Å²) in [5.41, 5.74) is 0.647. The van der Waals surface area contributed by atoms with E-state index in [2.05, 4.69) is 0 Å². The van der Waals surface area contributed by atoms with Crippen LogP contribution in [0.25, 0.3) is 6.08 Å². The Kier molecular flexibility index (Phi) is 6.25. The third-order valence-corrected chi connectivity index (χ3v) is 4.57. The zero-order chi connectivity index (χ0) is 19.3. The molecule has 2 amide bonds. The lowest BCUT2D eigenvalue weighted by Crippen LogP contribution is -2.46. The summed E-state index contributed by atoms with van der Waals surface area (Å²) in [5, 5.41) is 2.45. The van der Waals surface area contributed by atoms with Crippen molar-refractivity contribution < 1.29 is 27.5 Å². The molecule has 0 aliphatic carbocycles. The Morgan fingerprint density at radius 2 is 1.85 bits per heavy atom. The molecule has 0 unspecified atom stereocenters. The first-order chi connectivity index (χ1) is 12.2. The number of hydrogen-bond donors (Lipinski definition) is 0. The summed E-state index contributed by atoms with van der Waals surface area (Å²) in [4.78, 5) is 24.6. The van der Waals surface area contributed by atoms with Gasteiger partial charge in [-0.2, -0.15) is 0 Å². The number of rotatable bonds is 6. The molecule has 0 bridgehead atoms. The summed E-state index contributed by atoms with van der Waals surface area (Å²) in [7, 11) is -0.401. The van der Waals surface area contributed by atoms with Gasteiger partial charge in [0.25, 0.3) is 11.8 Å². The van der Waals surface area contributed by atoms with Gasteiger partial charge in [0.2, 0.25) is 0 Å². The smallest absolute Gasteiger partial charge is 0.265 e. The maximum Gasteiger partial charge on any atom is 0.265 e. The van der Waals surface area contributed by atoms with Crippen LogP contribution < -0.4 is 9.47 Å². The molecule has 26 heavy (non-hydrogen) atoms. The molecule has 142 valence electrons. The average Bonchev–Trinajstić information content (AvgIpc) is 3.07. The Labute approximate surface area is 152 Å². The second-order valence-corrected chi connectivity index (χ2v) is 7.98. The third-order valence-electron chi connectivity index (χ3n) is 3.80. The van der Waals surface area contributed by atoms with Gasteiger partial charge in [-0.1, -0.05) is 0 Å². The summed E-state index contributed by atoms with van der Waals surface area (Å²) in [5.74, 6) is -0.449. The number of hydrogen-bond acceptors (Lipinski definition) is 6. The van der Waals surface area contributed by atoms with Gasteiger partial charge in [0.05, 0.1) is 14.2 Å². The molecular formula is C17H22N2O6S. The van der Waals surface area contributed by atoms with Crippen molar-refractivity contribution in [1.82, 2.24) is 10.0 Å². The number of hydrazine groups is 1. The summed E-state index contributed by atoms with van der Waals surface area (Å²) in [6.07, 6.45) is 4.48. The monoisotopic (exact) mass is 382 g/mol. The normalized spacial score (nSPS) is 14.7. The van der Waals surface area contributed by atoms with Crippen LogP contribution in [0.2, 0.25) is 0 Å². The Morgan fingerprint density at radius 3 is 2.46 bits per heavy atom. The van der Waals surface area contributed by atoms with Crippen LogP contribution in [0, 0.1) is 0 Å². The van der Waals surface area contributed by atoms with Gasteiger partial charge in [-0.05, 0) is 30.7 Å². The maximum absolute atomic E-state index is 12.5. The van der Waals surface area contributed by atoms with Crippen LogP contribution in [-0.4, -0.2) is 69.6 Å². The fourth-order valence-corrected chi connectivity index (χ4v) is 3.21. The molecule has 1 aromatic carbocycles. The first-order valence-corrected chi connectivity index (χ1v) is 10.0.